The van der Waals surface area contributed by atoms with Crippen molar-refractivity contribution in [1.29, 1.82) is 0 Å². The highest BCUT2D eigenvalue weighted by molar-refractivity contribution is 6.08. The minimum absolute atomic E-state index is 0.123. The molecule has 108 valence electrons. The van der Waals surface area contributed by atoms with Gasteiger partial charge in [0, 0.05) is 11.6 Å². The van der Waals surface area contributed by atoms with E-state index in [0.717, 1.165) is 11.6 Å². The summed E-state index contributed by atoms with van der Waals surface area (Å²) in [6, 6.07) is 11.5. The average molecular weight is 284 g/mol. The van der Waals surface area contributed by atoms with Crippen LogP contribution in [-0.4, -0.2) is 23.1 Å². The number of aryl methyl sites for hydroxylation is 1. The molecule has 0 heterocycles. The van der Waals surface area contributed by atoms with Gasteiger partial charge in [-0.1, -0.05) is 24.3 Å². The molecule has 0 aliphatic carbocycles. The molecule has 0 aliphatic rings. The van der Waals surface area contributed by atoms with Crippen molar-refractivity contribution in [3.63, 3.8) is 0 Å². The Morgan fingerprint density at radius 1 is 1.14 bits per heavy atom. The third-order valence-corrected chi connectivity index (χ3v) is 3.16. The van der Waals surface area contributed by atoms with Crippen LogP contribution < -0.4 is 4.74 Å². The van der Waals surface area contributed by atoms with Crippen LogP contribution in [0.3, 0.4) is 0 Å². The second-order valence-electron chi connectivity index (χ2n) is 4.59. The first-order chi connectivity index (χ1) is 10.0. The van der Waals surface area contributed by atoms with E-state index in [1.165, 1.54) is 19.2 Å². The summed E-state index contributed by atoms with van der Waals surface area (Å²) in [6.45, 7) is 1.82. The van der Waals surface area contributed by atoms with Crippen LogP contribution in [0.15, 0.2) is 48.5 Å². The molecule has 2 rings (SSSR count). The molecule has 0 saturated carbocycles. The van der Waals surface area contributed by atoms with Gasteiger partial charge in [0.25, 0.3) is 0 Å². The Balaban J connectivity index is 2.37. The van der Waals surface area contributed by atoms with E-state index < -0.39 is 0 Å². The number of aliphatic hydroxyl groups is 1. The number of aromatic hydroxyl groups is 1. The molecule has 4 nitrogen and oxygen atoms in total. The van der Waals surface area contributed by atoms with Gasteiger partial charge in [-0.15, -0.1) is 0 Å². The quantitative estimate of drug-likeness (QED) is 0.512. The molecular formula is C17H16O4. The Morgan fingerprint density at radius 3 is 2.52 bits per heavy atom. The van der Waals surface area contributed by atoms with Gasteiger partial charge in [-0.05, 0) is 30.7 Å². The highest BCUT2D eigenvalue weighted by Gasteiger charge is 2.12. The number of carbonyl (C=O) groups is 1. The van der Waals surface area contributed by atoms with Crippen LogP contribution in [0, 0.1) is 6.92 Å². The fraction of sp³-hybridized carbons (Fsp3) is 0.118. The molecule has 0 aliphatic heterocycles. The van der Waals surface area contributed by atoms with E-state index in [2.05, 4.69) is 0 Å². The van der Waals surface area contributed by atoms with Crippen LogP contribution in [-0.2, 0) is 0 Å². The standard InChI is InChI=1S/C17H16O4/c1-11-5-3-4-6-13(11)16(19)10-17(20)14-9-12(21-2)7-8-15(14)18/h3-10,18,20H,1-2H3. The number of hydrogen-bond acceptors (Lipinski definition) is 4. The maximum atomic E-state index is 12.2. The number of phenols is 1. The highest BCUT2D eigenvalue weighted by Crippen LogP contribution is 2.28. The van der Waals surface area contributed by atoms with E-state index in [0.29, 0.717) is 11.3 Å². The Morgan fingerprint density at radius 2 is 1.86 bits per heavy atom. The SMILES string of the molecule is COc1ccc(O)c(C(O)=CC(=O)c2ccccc2C)c1. The molecule has 0 saturated heterocycles. The third-order valence-electron chi connectivity index (χ3n) is 3.16. The number of hydrogen-bond donors (Lipinski definition) is 2. The van der Waals surface area contributed by atoms with E-state index in [4.69, 9.17) is 4.74 Å². The zero-order chi connectivity index (χ0) is 15.4. The summed E-state index contributed by atoms with van der Waals surface area (Å²) in [4.78, 5) is 12.2. The summed E-state index contributed by atoms with van der Waals surface area (Å²) in [5.74, 6) is -0.277. The molecule has 0 atom stereocenters. The largest absolute Gasteiger partial charge is 0.507 e. The van der Waals surface area contributed by atoms with Gasteiger partial charge < -0.3 is 14.9 Å². The number of phenolic OH excluding ortho intramolecular Hbond substituents is 1. The number of methoxy groups -OCH3 is 1. The predicted molar refractivity (Wildman–Crippen MR) is 80.8 cm³/mol. The van der Waals surface area contributed by atoms with E-state index in [1.807, 2.05) is 19.1 Å². The van der Waals surface area contributed by atoms with Crippen LogP contribution in [0.2, 0.25) is 0 Å². The zero-order valence-electron chi connectivity index (χ0n) is 11.8. The Labute approximate surface area is 122 Å². The topological polar surface area (TPSA) is 66.8 Å². The Kier molecular flexibility index (Phi) is 4.28. The summed E-state index contributed by atoms with van der Waals surface area (Å²) in [5, 5.41) is 19.8. The van der Waals surface area contributed by atoms with Gasteiger partial charge in [-0.2, -0.15) is 0 Å². The molecular weight excluding hydrogens is 268 g/mol. The number of benzene rings is 2. The lowest BCUT2D eigenvalue weighted by atomic mass is 10.0. The monoisotopic (exact) mass is 284 g/mol. The minimum atomic E-state index is -0.326. The van der Waals surface area contributed by atoms with Gasteiger partial charge in [0.1, 0.15) is 17.3 Å². The number of allylic oxidation sites excluding steroid dienone is 1. The van der Waals surface area contributed by atoms with E-state index in [-0.39, 0.29) is 22.9 Å². The lowest BCUT2D eigenvalue weighted by Crippen LogP contribution is -1.99. The fourth-order valence-corrected chi connectivity index (χ4v) is 1.98. The predicted octanol–water partition coefficient (Wildman–Crippen LogP) is 3.49. The van der Waals surface area contributed by atoms with Crippen molar-refractivity contribution in [1.82, 2.24) is 0 Å². The molecule has 2 aromatic rings. The van der Waals surface area contributed by atoms with Gasteiger partial charge in [0.05, 0.1) is 12.7 Å². The Bertz CT molecular complexity index is 702. The van der Waals surface area contributed by atoms with Crippen LogP contribution in [0.1, 0.15) is 21.5 Å². The molecule has 2 aromatic carbocycles. The van der Waals surface area contributed by atoms with Crippen LogP contribution in [0.5, 0.6) is 11.5 Å². The normalized spacial score (nSPS) is 11.2. The maximum absolute atomic E-state index is 12.2. The van der Waals surface area contributed by atoms with Crippen LogP contribution >= 0.6 is 0 Å². The molecule has 0 spiro atoms. The lowest BCUT2D eigenvalue weighted by Gasteiger charge is -2.07. The van der Waals surface area contributed by atoms with Crippen molar-refractivity contribution in [2.45, 2.75) is 6.92 Å². The molecule has 21 heavy (non-hydrogen) atoms. The second kappa shape index (κ2) is 6.13. The van der Waals surface area contributed by atoms with Gasteiger partial charge in [0.2, 0.25) is 0 Å². The molecule has 0 radical (unpaired) electrons. The summed E-state index contributed by atoms with van der Waals surface area (Å²) in [6.07, 6.45) is 1.09. The molecule has 4 heteroatoms. The number of carbonyl (C=O) groups excluding carboxylic acids is 1. The van der Waals surface area contributed by atoms with E-state index in [1.54, 1.807) is 18.2 Å². The van der Waals surface area contributed by atoms with Crippen molar-refractivity contribution >= 4 is 11.5 Å². The van der Waals surface area contributed by atoms with Crippen molar-refractivity contribution in [3.05, 3.63) is 65.2 Å². The number of ether oxygens (including phenoxy) is 1. The fourth-order valence-electron chi connectivity index (χ4n) is 1.98. The van der Waals surface area contributed by atoms with Gasteiger partial charge in [-0.25, -0.2) is 0 Å². The summed E-state index contributed by atoms with van der Waals surface area (Å²) in [7, 11) is 1.48. The molecule has 0 unspecified atom stereocenters. The van der Waals surface area contributed by atoms with Gasteiger partial charge in [-0.3, -0.25) is 4.79 Å². The smallest absolute Gasteiger partial charge is 0.189 e. The van der Waals surface area contributed by atoms with Crippen molar-refractivity contribution in [2.24, 2.45) is 0 Å². The summed E-state index contributed by atoms with van der Waals surface area (Å²) >= 11 is 0. The van der Waals surface area contributed by atoms with Crippen molar-refractivity contribution in [3.8, 4) is 11.5 Å². The summed E-state index contributed by atoms with van der Waals surface area (Å²) in [5.41, 5.74) is 1.48. The van der Waals surface area contributed by atoms with Crippen molar-refractivity contribution < 1.29 is 19.7 Å². The van der Waals surface area contributed by atoms with Gasteiger partial charge >= 0.3 is 0 Å². The van der Waals surface area contributed by atoms with Gasteiger partial charge in [0.15, 0.2) is 5.78 Å². The third kappa shape index (κ3) is 3.23. The Hall–Kier alpha value is -2.75. The first-order valence-electron chi connectivity index (χ1n) is 6.41. The van der Waals surface area contributed by atoms with Crippen LogP contribution in [0.4, 0.5) is 0 Å². The zero-order valence-corrected chi connectivity index (χ0v) is 11.8. The second-order valence-corrected chi connectivity index (χ2v) is 4.59. The number of rotatable bonds is 4. The number of aliphatic hydroxyl groups excluding tert-OH is 1. The first-order valence-corrected chi connectivity index (χ1v) is 6.41. The van der Waals surface area contributed by atoms with Crippen LogP contribution in [0.25, 0.3) is 5.76 Å². The molecule has 0 fully saturated rings. The van der Waals surface area contributed by atoms with E-state index in [9.17, 15) is 15.0 Å². The van der Waals surface area contributed by atoms with Crippen molar-refractivity contribution in [2.75, 3.05) is 7.11 Å². The molecule has 0 amide bonds. The first kappa shape index (κ1) is 14.7. The lowest BCUT2D eigenvalue weighted by molar-refractivity contribution is 0.104. The highest BCUT2D eigenvalue weighted by atomic mass is 16.5. The average Bonchev–Trinajstić information content (AvgIpc) is 2.48. The molecule has 2 N–H and O–H groups in total. The van der Waals surface area contributed by atoms with E-state index >= 15 is 0 Å². The summed E-state index contributed by atoms with van der Waals surface area (Å²) < 4.78 is 5.03. The minimum Gasteiger partial charge on any atom is -0.507 e. The maximum Gasteiger partial charge on any atom is 0.189 e. The number of ketones is 1. The molecule has 0 bridgehead atoms. The molecule has 0 aromatic heterocycles.